The SMILES string of the molecule is CCc1nc(NC[C@@H]2CCCO2)c2cnn(-c3ccc(OC)cc3)c2n1. The molecule has 1 atom stereocenters. The fraction of sp³-hybridized carbons (Fsp3) is 0.421. The van der Waals surface area contributed by atoms with Gasteiger partial charge in [0.25, 0.3) is 0 Å². The molecule has 0 radical (unpaired) electrons. The summed E-state index contributed by atoms with van der Waals surface area (Å²) in [7, 11) is 1.66. The lowest BCUT2D eigenvalue weighted by Crippen LogP contribution is -2.19. The Kier molecular flexibility index (Phi) is 4.71. The number of benzene rings is 1. The topological polar surface area (TPSA) is 74.1 Å². The molecule has 1 N–H and O–H groups in total. The number of rotatable bonds is 6. The van der Waals surface area contributed by atoms with Crippen LogP contribution in [0.1, 0.15) is 25.6 Å². The van der Waals surface area contributed by atoms with Crippen LogP contribution in [0.5, 0.6) is 5.75 Å². The summed E-state index contributed by atoms with van der Waals surface area (Å²) in [5.74, 6) is 2.43. The van der Waals surface area contributed by atoms with Crippen molar-refractivity contribution in [3.05, 3.63) is 36.3 Å². The minimum absolute atomic E-state index is 0.252. The Morgan fingerprint density at radius 3 is 2.81 bits per heavy atom. The Bertz CT molecular complexity index is 885. The molecular formula is C19H23N5O2. The zero-order valence-electron chi connectivity index (χ0n) is 15.1. The van der Waals surface area contributed by atoms with E-state index in [0.29, 0.717) is 0 Å². The van der Waals surface area contributed by atoms with Crippen molar-refractivity contribution in [2.45, 2.75) is 32.3 Å². The van der Waals surface area contributed by atoms with Gasteiger partial charge in [-0.05, 0) is 37.1 Å². The van der Waals surface area contributed by atoms with Crippen LogP contribution in [0, 0.1) is 0 Å². The maximum Gasteiger partial charge on any atom is 0.168 e. The van der Waals surface area contributed by atoms with Crippen molar-refractivity contribution >= 4 is 16.9 Å². The first-order valence-corrected chi connectivity index (χ1v) is 9.03. The number of anilines is 1. The number of aryl methyl sites for hydroxylation is 1. The normalized spacial score (nSPS) is 16.9. The van der Waals surface area contributed by atoms with Gasteiger partial charge in [-0.1, -0.05) is 6.92 Å². The Balaban J connectivity index is 1.69. The lowest BCUT2D eigenvalue weighted by molar-refractivity contribution is 0.120. The summed E-state index contributed by atoms with van der Waals surface area (Å²) in [6, 6.07) is 7.78. The predicted molar refractivity (Wildman–Crippen MR) is 100 cm³/mol. The van der Waals surface area contributed by atoms with Crippen LogP contribution in [0.4, 0.5) is 5.82 Å². The zero-order valence-corrected chi connectivity index (χ0v) is 15.1. The van der Waals surface area contributed by atoms with E-state index in [1.54, 1.807) is 7.11 Å². The number of aromatic nitrogens is 4. The highest BCUT2D eigenvalue weighted by molar-refractivity contribution is 5.87. The van der Waals surface area contributed by atoms with Crippen molar-refractivity contribution in [1.82, 2.24) is 19.7 Å². The summed E-state index contributed by atoms with van der Waals surface area (Å²) in [5.41, 5.74) is 1.74. The second-order valence-corrected chi connectivity index (χ2v) is 6.35. The average Bonchev–Trinajstić information content (AvgIpc) is 3.35. The second kappa shape index (κ2) is 7.29. The van der Waals surface area contributed by atoms with Crippen LogP contribution in [0.3, 0.4) is 0 Å². The number of fused-ring (bicyclic) bond motifs is 1. The molecule has 26 heavy (non-hydrogen) atoms. The molecule has 0 unspecified atom stereocenters. The van der Waals surface area contributed by atoms with Crippen molar-refractivity contribution in [2.24, 2.45) is 0 Å². The number of hydrogen-bond donors (Lipinski definition) is 1. The summed E-state index contributed by atoms with van der Waals surface area (Å²) in [6.07, 6.45) is 5.05. The minimum Gasteiger partial charge on any atom is -0.497 e. The van der Waals surface area contributed by atoms with E-state index in [9.17, 15) is 0 Å². The molecule has 3 heterocycles. The molecule has 2 aromatic heterocycles. The van der Waals surface area contributed by atoms with Gasteiger partial charge in [-0.15, -0.1) is 0 Å². The molecule has 4 rings (SSSR count). The molecule has 0 bridgehead atoms. The van der Waals surface area contributed by atoms with Crippen LogP contribution in [0.2, 0.25) is 0 Å². The van der Waals surface area contributed by atoms with Gasteiger partial charge in [-0.25, -0.2) is 14.6 Å². The highest BCUT2D eigenvalue weighted by Crippen LogP contribution is 2.24. The van der Waals surface area contributed by atoms with Gasteiger partial charge in [0.2, 0.25) is 0 Å². The Hall–Kier alpha value is -2.67. The van der Waals surface area contributed by atoms with Gasteiger partial charge in [-0.2, -0.15) is 5.10 Å². The first-order chi connectivity index (χ1) is 12.8. The van der Waals surface area contributed by atoms with Crippen molar-refractivity contribution in [1.29, 1.82) is 0 Å². The molecule has 1 aromatic carbocycles. The summed E-state index contributed by atoms with van der Waals surface area (Å²) < 4.78 is 12.8. The molecule has 1 aliphatic rings. The molecule has 136 valence electrons. The smallest absolute Gasteiger partial charge is 0.168 e. The predicted octanol–water partition coefficient (Wildman–Crippen LogP) is 2.98. The monoisotopic (exact) mass is 353 g/mol. The minimum atomic E-state index is 0.252. The maximum atomic E-state index is 5.70. The lowest BCUT2D eigenvalue weighted by Gasteiger charge is -2.13. The summed E-state index contributed by atoms with van der Waals surface area (Å²) in [6.45, 7) is 3.66. The van der Waals surface area contributed by atoms with Gasteiger partial charge in [0, 0.05) is 19.6 Å². The second-order valence-electron chi connectivity index (χ2n) is 6.35. The highest BCUT2D eigenvalue weighted by Gasteiger charge is 2.18. The third-order valence-corrected chi connectivity index (χ3v) is 4.63. The van der Waals surface area contributed by atoms with E-state index in [2.05, 4.69) is 22.3 Å². The molecule has 0 aliphatic carbocycles. The van der Waals surface area contributed by atoms with E-state index in [1.807, 2.05) is 35.1 Å². The summed E-state index contributed by atoms with van der Waals surface area (Å²) in [4.78, 5) is 9.36. The fourth-order valence-electron chi connectivity index (χ4n) is 3.17. The summed E-state index contributed by atoms with van der Waals surface area (Å²) >= 11 is 0. The van der Waals surface area contributed by atoms with E-state index in [4.69, 9.17) is 14.5 Å². The third-order valence-electron chi connectivity index (χ3n) is 4.63. The van der Waals surface area contributed by atoms with Crippen LogP contribution in [0.25, 0.3) is 16.7 Å². The molecule has 7 nitrogen and oxygen atoms in total. The van der Waals surface area contributed by atoms with Crippen molar-refractivity contribution < 1.29 is 9.47 Å². The van der Waals surface area contributed by atoms with Crippen LogP contribution in [-0.4, -0.2) is 46.1 Å². The van der Waals surface area contributed by atoms with Crippen LogP contribution in [0.15, 0.2) is 30.5 Å². The Morgan fingerprint density at radius 2 is 2.12 bits per heavy atom. The Labute approximate surface area is 152 Å². The van der Waals surface area contributed by atoms with Gasteiger partial charge in [0.1, 0.15) is 17.4 Å². The third kappa shape index (κ3) is 3.22. The number of nitrogens with zero attached hydrogens (tertiary/aromatic N) is 4. The number of hydrogen-bond acceptors (Lipinski definition) is 6. The average molecular weight is 353 g/mol. The molecule has 1 saturated heterocycles. The quantitative estimate of drug-likeness (QED) is 0.734. The van der Waals surface area contributed by atoms with Gasteiger partial charge in [0.15, 0.2) is 5.65 Å². The van der Waals surface area contributed by atoms with Crippen LogP contribution >= 0.6 is 0 Å². The highest BCUT2D eigenvalue weighted by atomic mass is 16.5. The van der Waals surface area contributed by atoms with Crippen LogP contribution < -0.4 is 10.1 Å². The van der Waals surface area contributed by atoms with Crippen LogP contribution in [-0.2, 0) is 11.2 Å². The lowest BCUT2D eigenvalue weighted by atomic mass is 10.2. The summed E-state index contributed by atoms with van der Waals surface area (Å²) in [5, 5.41) is 8.89. The first-order valence-electron chi connectivity index (χ1n) is 9.03. The van der Waals surface area contributed by atoms with E-state index in [0.717, 1.165) is 66.5 Å². The molecule has 1 fully saturated rings. The number of ether oxygens (including phenoxy) is 2. The van der Waals surface area contributed by atoms with E-state index in [1.165, 1.54) is 0 Å². The molecule has 0 spiro atoms. The molecule has 0 amide bonds. The van der Waals surface area contributed by atoms with Crippen molar-refractivity contribution in [2.75, 3.05) is 25.6 Å². The van der Waals surface area contributed by atoms with Gasteiger partial charge in [0.05, 0.1) is 30.5 Å². The van der Waals surface area contributed by atoms with Gasteiger partial charge >= 0.3 is 0 Å². The fourth-order valence-corrected chi connectivity index (χ4v) is 3.17. The molecular weight excluding hydrogens is 330 g/mol. The van der Waals surface area contributed by atoms with Gasteiger partial charge in [-0.3, -0.25) is 0 Å². The van der Waals surface area contributed by atoms with Gasteiger partial charge < -0.3 is 14.8 Å². The molecule has 3 aromatic rings. The molecule has 1 aliphatic heterocycles. The van der Waals surface area contributed by atoms with E-state index >= 15 is 0 Å². The standard InChI is InChI=1S/C19H23N5O2/c1-3-17-22-18(20-11-15-5-4-10-26-15)16-12-21-24(19(16)23-17)13-6-8-14(25-2)9-7-13/h6-9,12,15H,3-5,10-11H2,1-2H3,(H,20,22,23)/t15-/m0/s1. The van der Waals surface area contributed by atoms with E-state index in [-0.39, 0.29) is 6.10 Å². The number of methoxy groups -OCH3 is 1. The van der Waals surface area contributed by atoms with Crippen molar-refractivity contribution in [3.63, 3.8) is 0 Å². The molecule has 7 heteroatoms. The Morgan fingerprint density at radius 1 is 1.27 bits per heavy atom. The van der Waals surface area contributed by atoms with Crippen molar-refractivity contribution in [3.8, 4) is 11.4 Å². The zero-order chi connectivity index (χ0) is 17.9. The first kappa shape index (κ1) is 16.8. The maximum absolute atomic E-state index is 5.70. The number of nitrogens with one attached hydrogen (secondary N) is 1. The van der Waals surface area contributed by atoms with E-state index < -0.39 is 0 Å². The largest absolute Gasteiger partial charge is 0.497 e. The molecule has 0 saturated carbocycles.